The molecule has 0 spiro atoms. The van der Waals surface area contributed by atoms with E-state index in [1.165, 1.54) is 6.07 Å². The van der Waals surface area contributed by atoms with Gasteiger partial charge in [-0.1, -0.05) is 0 Å². The molecule has 1 heterocycles. The monoisotopic (exact) mass is 123 g/mol. The fourth-order valence-corrected chi connectivity index (χ4v) is 0.353. The molecule has 1 N–H and O–H groups in total. The molecule has 8 heavy (non-hydrogen) atoms. The summed E-state index contributed by atoms with van der Waals surface area (Å²) in [5.41, 5.74) is 0. The standard InChI is InChI=1S/C4H5NO2.Na.H/c1-3-2-4(6)5-7-3;;/h2H,1H3,(H,5,6);;. The number of aromatic hydroxyl groups is 1. The first-order valence-corrected chi connectivity index (χ1v) is 1.91. The van der Waals surface area contributed by atoms with Crippen molar-refractivity contribution in [2.45, 2.75) is 6.92 Å². The zero-order chi connectivity index (χ0) is 5.28. The van der Waals surface area contributed by atoms with E-state index in [1.54, 1.807) is 6.92 Å². The normalized spacial score (nSPS) is 8.12. The van der Waals surface area contributed by atoms with Crippen molar-refractivity contribution in [2.24, 2.45) is 0 Å². The maximum absolute atomic E-state index is 8.45. The average molecular weight is 123 g/mol. The predicted octanol–water partition coefficient (Wildman–Crippen LogP) is 0.0401. The Morgan fingerprint density at radius 1 is 1.75 bits per heavy atom. The molecule has 1 aromatic heterocycles. The van der Waals surface area contributed by atoms with Gasteiger partial charge in [-0.3, -0.25) is 0 Å². The second kappa shape index (κ2) is 3.12. The van der Waals surface area contributed by atoms with Crippen LogP contribution in [0.4, 0.5) is 0 Å². The molecular formula is C4H6NNaO2. The Bertz CT molecular complexity index is 146. The first-order chi connectivity index (χ1) is 3.29. The SMILES string of the molecule is Cc1cc(O)no1.[NaH]. The van der Waals surface area contributed by atoms with Gasteiger partial charge in [0.2, 0.25) is 0 Å². The first-order valence-electron chi connectivity index (χ1n) is 1.91. The van der Waals surface area contributed by atoms with Gasteiger partial charge < -0.3 is 9.63 Å². The summed E-state index contributed by atoms with van der Waals surface area (Å²) in [5, 5.41) is 11.6. The van der Waals surface area contributed by atoms with Crippen molar-refractivity contribution in [3.8, 4) is 5.88 Å². The van der Waals surface area contributed by atoms with Crippen LogP contribution in [-0.4, -0.2) is 39.8 Å². The van der Waals surface area contributed by atoms with Crippen LogP contribution in [0.5, 0.6) is 5.88 Å². The Labute approximate surface area is 69.0 Å². The number of rotatable bonds is 0. The van der Waals surface area contributed by atoms with Gasteiger partial charge in [0, 0.05) is 6.07 Å². The molecule has 0 saturated heterocycles. The molecular weight excluding hydrogens is 117 g/mol. The predicted molar refractivity (Wildman–Crippen MR) is 30.1 cm³/mol. The van der Waals surface area contributed by atoms with Crippen LogP contribution in [-0.2, 0) is 0 Å². The second-order valence-corrected chi connectivity index (χ2v) is 1.30. The van der Waals surface area contributed by atoms with Crippen molar-refractivity contribution in [1.82, 2.24) is 5.16 Å². The summed E-state index contributed by atoms with van der Waals surface area (Å²) >= 11 is 0. The summed E-state index contributed by atoms with van der Waals surface area (Å²) in [5.74, 6) is 0.565. The molecule has 0 aliphatic rings. The van der Waals surface area contributed by atoms with Gasteiger partial charge in [-0.15, -0.1) is 0 Å². The summed E-state index contributed by atoms with van der Waals surface area (Å²) in [7, 11) is 0. The maximum atomic E-state index is 8.45. The van der Waals surface area contributed by atoms with Crippen LogP contribution in [0.15, 0.2) is 10.6 Å². The van der Waals surface area contributed by atoms with Crippen LogP contribution in [0.3, 0.4) is 0 Å². The van der Waals surface area contributed by atoms with E-state index >= 15 is 0 Å². The molecule has 0 unspecified atom stereocenters. The molecule has 0 atom stereocenters. The molecule has 0 saturated carbocycles. The minimum atomic E-state index is -0.0579. The van der Waals surface area contributed by atoms with Crippen molar-refractivity contribution in [3.05, 3.63) is 11.8 Å². The van der Waals surface area contributed by atoms with Gasteiger partial charge in [-0.2, -0.15) is 0 Å². The summed E-state index contributed by atoms with van der Waals surface area (Å²) in [4.78, 5) is 0. The van der Waals surface area contributed by atoms with Gasteiger partial charge in [0.1, 0.15) is 5.76 Å². The van der Waals surface area contributed by atoms with E-state index < -0.39 is 0 Å². The fraction of sp³-hybridized carbons (Fsp3) is 0.250. The molecule has 0 aliphatic heterocycles. The van der Waals surface area contributed by atoms with Crippen LogP contribution in [0.25, 0.3) is 0 Å². The Morgan fingerprint density at radius 2 is 2.38 bits per heavy atom. The van der Waals surface area contributed by atoms with Crippen LogP contribution in [0.1, 0.15) is 5.76 Å². The molecule has 0 fully saturated rings. The van der Waals surface area contributed by atoms with Crippen LogP contribution in [0.2, 0.25) is 0 Å². The molecule has 3 nitrogen and oxygen atoms in total. The van der Waals surface area contributed by atoms with Gasteiger partial charge in [-0.05, 0) is 12.1 Å². The topological polar surface area (TPSA) is 46.3 Å². The molecule has 0 aliphatic carbocycles. The quantitative estimate of drug-likeness (QED) is 0.495. The third kappa shape index (κ3) is 1.86. The van der Waals surface area contributed by atoms with E-state index in [4.69, 9.17) is 5.11 Å². The fourth-order valence-electron chi connectivity index (χ4n) is 0.353. The van der Waals surface area contributed by atoms with Gasteiger partial charge in [0.05, 0.1) is 0 Å². The molecule has 4 heteroatoms. The van der Waals surface area contributed by atoms with Crippen molar-refractivity contribution in [3.63, 3.8) is 0 Å². The summed E-state index contributed by atoms with van der Waals surface area (Å²) in [6.07, 6.45) is 0. The molecule has 1 rings (SSSR count). The third-order valence-electron chi connectivity index (χ3n) is 0.616. The molecule has 0 aromatic carbocycles. The summed E-state index contributed by atoms with van der Waals surface area (Å²) in [6.45, 7) is 1.72. The van der Waals surface area contributed by atoms with Crippen LogP contribution in [0, 0.1) is 6.92 Å². The molecule has 0 bridgehead atoms. The van der Waals surface area contributed by atoms with Gasteiger partial charge >= 0.3 is 29.6 Å². The molecule has 0 radical (unpaired) electrons. The second-order valence-electron chi connectivity index (χ2n) is 1.30. The third-order valence-corrected chi connectivity index (χ3v) is 0.616. The van der Waals surface area contributed by atoms with E-state index in [0.29, 0.717) is 5.76 Å². The van der Waals surface area contributed by atoms with Gasteiger partial charge in [0.15, 0.2) is 0 Å². The van der Waals surface area contributed by atoms with Crippen molar-refractivity contribution < 1.29 is 9.63 Å². The van der Waals surface area contributed by atoms with Crippen molar-refractivity contribution in [1.29, 1.82) is 0 Å². The molecule has 1 aromatic rings. The van der Waals surface area contributed by atoms with E-state index in [0.717, 1.165) is 0 Å². The number of hydrogen-bond acceptors (Lipinski definition) is 3. The van der Waals surface area contributed by atoms with Crippen molar-refractivity contribution >= 4 is 29.6 Å². The minimum absolute atomic E-state index is 0. The Kier molecular flexibility index (Phi) is 3.12. The van der Waals surface area contributed by atoms with E-state index in [2.05, 4.69) is 9.68 Å². The zero-order valence-electron chi connectivity index (χ0n) is 3.88. The van der Waals surface area contributed by atoms with Crippen LogP contribution >= 0.6 is 0 Å². The Hall–Kier alpha value is 0.0100. The summed E-state index contributed by atoms with van der Waals surface area (Å²) < 4.78 is 4.46. The number of nitrogens with zero attached hydrogens (tertiary/aromatic N) is 1. The van der Waals surface area contributed by atoms with Crippen LogP contribution < -0.4 is 0 Å². The average Bonchev–Trinajstić information content (AvgIpc) is 1.87. The molecule has 0 amide bonds. The van der Waals surface area contributed by atoms with Gasteiger partial charge in [-0.25, -0.2) is 0 Å². The van der Waals surface area contributed by atoms with E-state index in [9.17, 15) is 0 Å². The Balaban J connectivity index is 0.000000490. The Morgan fingerprint density at radius 3 is 2.50 bits per heavy atom. The number of aryl methyl sites for hydroxylation is 1. The van der Waals surface area contributed by atoms with Crippen molar-refractivity contribution in [2.75, 3.05) is 0 Å². The molecule has 40 valence electrons. The number of aromatic nitrogens is 1. The first kappa shape index (κ1) is 8.01. The summed E-state index contributed by atoms with van der Waals surface area (Å²) in [6, 6.07) is 1.44. The van der Waals surface area contributed by atoms with E-state index in [1.807, 2.05) is 0 Å². The van der Waals surface area contributed by atoms with Gasteiger partial charge in [0.25, 0.3) is 5.88 Å². The zero-order valence-corrected chi connectivity index (χ0v) is 3.88. The van der Waals surface area contributed by atoms with E-state index in [-0.39, 0.29) is 35.4 Å². The number of hydrogen-bond donors (Lipinski definition) is 1.